The van der Waals surface area contributed by atoms with Gasteiger partial charge in [-0.2, -0.15) is 0 Å². The van der Waals surface area contributed by atoms with Gasteiger partial charge >= 0.3 is 5.97 Å². The van der Waals surface area contributed by atoms with Crippen molar-refractivity contribution in [2.24, 2.45) is 11.8 Å². The van der Waals surface area contributed by atoms with Crippen molar-refractivity contribution >= 4 is 5.97 Å². The molecule has 0 bridgehead atoms. The maximum absolute atomic E-state index is 10.9. The minimum Gasteiger partial charge on any atom is -0.478 e. The Kier molecular flexibility index (Phi) is 6.60. The lowest BCUT2D eigenvalue weighted by Crippen LogP contribution is -2.48. The zero-order valence-corrected chi connectivity index (χ0v) is 14.6. The Morgan fingerprint density at radius 2 is 1.87 bits per heavy atom. The summed E-state index contributed by atoms with van der Waals surface area (Å²) in [6.07, 6.45) is 2.61. The summed E-state index contributed by atoms with van der Waals surface area (Å²) in [4.78, 5) is 13.5. The lowest BCUT2D eigenvalue weighted by atomic mass is 9.94. The number of rotatable bonds is 7. The van der Waals surface area contributed by atoms with Gasteiger partial charge in [-0.1, -0.05) is 32.9 Å². The van der Waals surface area contributed by atoms with Crippen LogP contribution in [0.25, 0.3) is 0 Å². The van der Waals surface area contributed by atoms with Gasteiger partial charge in [0.05, 0.1) is 5.56 Å². The molecule has 1 aromatic rings. The minimum absolute atomic E-state index is 0.344. The number of carbonyl (C=O) groups is 1. The van der Waals surface area contributed by atoms with Crippen LogP contribution in [0.5, 0.6) is 0 Å². The molecule has 4 nitrogen and oxygen atoms in total. The van der Waals surface area contributed by atoms with Crippen LogP contribution in [0.3, 0.4) is 0 Å². The number of likely N-dealkylation sites (tertiary alicyclic amines) is 1. The third-order valence-corrected chi connectivity index (χ3v) is 4.94. The monoisotopic (exact) mass is 318 g/mol. The molecule has 1 heterocycles. The van der Waals surface area contributed by atoms with Gasteiger partial charge in [-0.3, -0.25) is 4.90 Å². The van der Waals surface area contributed by atoms with Crippen molar-refractivity contribution in [3.63, 3.8) is 0 Å². The average molecular weight is 318 g/mol. The molecule has 1 fully saturated rings. The smallest absolute Gasteiger partial charge is 0.335 e. The van der Waals surface area contributed by atoms with Crippen LogP contribution in [-0.4, -0.2) is 41.7 Å². The van der Waals surface area contributed by atoms with Crippen LogP contribution < -0.4 is 5.32 Å². The molecule has 2 rings (SSSR count). The summed E-state index contributed by atoms with van der Waals surface area (Å²) >= 11 is 0. The Balaban J connectivity index is 1.83. The standard InChI is InChI=1S/C19H30N2O2/c1-14(2)18(21-10-8-15(3)9-11-21)13-20-12-16-4-6-17(7-5-16)19(22)23/h4-7,14-15,18,20H,8-13H2,1-3H3,(H,22,23). The van der Waals surface area contributed by atoms with E-state index >= 15 is 0 Å². The van der Waals surface area contributed by atoms with Gasteiger partial charge in [0.15, 0.2) is 0 Å². The van der Waals surface area contributed by atoms with E-state index in [1.807, 2.05) is 12.1 Å². The molecule has 1 aliphatic heterocycles. The summed E-state index contributed by atoms with van der Waals surface area (Å²) in [5.74, 6) is 0.619. The van der Waals surface area contributed by atoms with Crippen molar-refractivity contribution in [2.45, 2.75) is 46.2 Å². The highest BCUT2D eigenvalue weighted by Gasteiger charge is 2.25. The zero-order valence-electron chi connectivity index (χ0n) is 14.6. The van der Waals surface area contributed by atoms with Gasteiger partial charge in [-0.05, 0) is 55.5 Å². The van der Waals surface area contributed by atoms with Crippen LogP contribution in [0, 0.1) is 11.8 Å². The molecule has 2 N–H and O–H groups in total. The Labute approximate surface area is 139 Å². The maximum atomic E-state index is 10.9. The van der Waals surface area contributed by atoms with Crippen molar-refractivity contribution in [1.29, 1.82) is 0 Å². The van der Waals surface area contributed by atoms with Gasteiger partial charge in [0.1, 0.15) is 0 Å². The Morgan fingerprint density at radius 3 is 2.39 bits per heavy atom. The fourth-order valence-corrected chi connectivity index (χ4v) is 3.28. The third-order valence-electron chi connectivity index (χ3n) is 4.94. The second-order valence-electron chi connectivity index (χ2n) is 7.16. The molecule has 0 saturated carbocycles. The fourth-order valence-electron chi connectivity index (χ4n) is 3.28. The lowest BCUT2D eigenvalue weighted by Gasteiger charge is -2.39. The van der Waals surface area contributed by atoms with Crippen molar-refractivity contribution in [3.8, 4) is 0 Å². The van der Waals surface area contributed by atoms with Gasteiger partial charge in [-0.25, -0.2) is 4.79 Å². The van der Waals surface area contributed by atoms with Crippen LogP contribution in [0.4, 0.5) is 0 Å². The first-order chi connectivity index (χ1) is 11.0. The first-order valence-corrected chi connectivity index (χ1v) is 8.74. The van der Waals surface area contributed by atoms with Crippen molar-refractivity contribution in [3.05, 3.63) is 35.4 Å². The van der Waals surface area contributed by atoms with E-state index < -0.39 is 5.97 Å². The second kappa shape index (κ2) is 8.46. The summed E-state index contributed by atoms with van der Waals surface area (Å²) < 4.78 is 0. The van der Waals surface area contributed by atoms with Gasteiger partial charge in [0.25, 0.3) is 0 Å². The number of piperidine rings is 1. The number of nitrogens with one attached hydrogen (secondary N) is 1. The van der Waals surface area contributed by atoms with E-state index in [2.05, 4.69) is 31.0 Å². The first-order valence-electron chi connectivity index (χ1n) is 8.74. The number of aromatic carboxylic acids is 1. The van der Waals surface area contributed by atoms with Crippen LogP contribution in [0.15, 0.2) is 24.3 Å². The molecule has 1 unspecified atom stereocenters. The summed E-state index contributed by atoms with van der Waals surface area (Å²) in [5, 5.41) is 12.5. The molecule has 1 aliphatic rings. The van der Waals surface area contributed by atoms with Crippen LogP contribution in [-0.2, 0) is 6.54 Å². The van der Waals surface area contributed by atoms with Crippen molar-refractivity contribution in [1.82, 2.24) is 10.2 Å². The quantitative estimate of drug-likeness (QED) is 0.810. The highest BCUT2D eigenvalue weighted by molar-refractivity contribution is 5.87. The molecule has 0 radical (unpaired) electrons. The topological polar surface area (TPSA) is 52.6 Å². The van der Waals surface area contributed by atoms with E-state index in [9.17, 15) is 4.79 Å². The fraction of sp³-hybridized carbons (Fsp3) is 0.632. The van der Waals surface area contributed by atoms with Gasteiger partial charge in [0, 0.05) is 19.1 Å². The van der Waals surface area contributed by atoms with Gasteiger partial charge in [-0.15, -0.1) is 0 Å². The van der Waals surface area contributed by atoms with Crippen LogP contribution in [0.1, 0.15) is 49.5 Å². The summed E-state index contributed by atoms with van der Waals surface area (Å²) in [7, 11) is 0. The first kappa shape index (κ1) is 18.0. The third kappa shape index (κ3) is 5.33. The van der Waals surface area contributed by atoms with E-state index in [1.54, 1.807) is 12.1 Å². The molecule has 0 aromatic heterocycles. The number of carboxylic acids is 1. The highest BCUT2D eigenvalue weighted by Crippen LogP contribution is 2.21. The number of benzene rings is 1. The normalized spacial score (nSPS) is 18.3. The lowest BCUT2D eigenvalue weighted by molar-refractivity contribution is 0.0697. The summed E-state index contributed by atoms with van der Waals surface area (Å²) in [5.41, 5.74) is 1.47. The largest absolute Gasteiger partial charge is 0.478 e. The van der Waals surface area contributed by atoms with Crippen LogP contribution >= 0.6 is 0 Å². The second-order valence-corrected chi connectivity index (χ2v) is 7.16. The number of hydrogen-bond acceptors (Lipinski definition) is 3. The number of carboxylic acid groups (broad SMARTS) is 1. The molecule has 0 spiro atoms. The summed E-state index contributed by atoms with van der Waals surface area (Å²) in [6, 6.07) is 7.70. The molecular weight excluding hydrogens is 288 g/mol. The predicted molar refractivity (Wildman–Crippen MR) is 93.7 cm³/mol. The van der Waals surface area contributed by atoms with Crippen molar-refractivity contribution in [2.75, 3.05) is 19.6 Å². The predicted octanol–water partition coefficient (Wildman–Crippen LogP) is 3.23. The maximum Gasteiger partial charge on any atom is 0.335 e. The SMILES string of the molecule is CC1CCN(C(CNCc2ccc(C(=O)O)cc2)C(C)C)CC1. The average Bonchev–Trinajstić information content (AvgIpc) is 2.53. The van der Waals surface area contributed by atoms with Gasteiger partial charge in [0.2, 0.25) is 0 Å². The molecule has 4 heteroatoms. The Hall–Kier alpha value is -1.39. The molecule has 23 heavy (non-hydrogen) atoms. The molecule has 1 aromatic carbocycles. The Morgan fingerprint density at radius 1 is 1.26 bits per heavy atom. The molecule has 1 atom stereocenters. The van der Waals surface area contributed by atoms with E-state index in [0.717, 1.165) is 24.6 Å². The molecule has 0 amide bonds. The number of nitrogens with zero attached hydrogens (tertiary/aromatic N) is 1. The molecule has 1 saturated heterocycles. The minimum atomic E-state index is -0.872. The van der Waals surface area contributed by atoms with Crippen LogP contribution in [0.2, 0.25) is 0 Å². The van der Waals surface area contributed by atoms with E-state index in [4.69, 9.17) is 5.11 Å². The van der Waals surface area contributed by atoms with Gasteiger partial charge < -0.3 is 10.4 Å². The summed E-state index contributed by atoms with van der Waals surface area (Å²) in [6.45, 7) is 11.1. The zero-order chi connectivity index (χ0) is 16.8. The molecule has 128 valence electrons. The van der Waals surface area contributed by atoms with E-state index in [0.29, 0.717) is 17.5 Å². The van der Waals surface area contributed by atoms with Crippen molar-refractivity contribution < 1.29 is 9.90 Å². The molecule has 0 aliphatic carbocycles. The van der Waals surface area contributed by atoms with E-state index in [1.165, 1.54) is 25.9 Å². The highest BCUT2D eigenvalue weighted by atomic mass is 16.4. The Bertz CT molecular complexity index is 491. The van der Waals surface area contributed by atoms with E-state index in [-0.39, 0.29) is 0 Å². The molecular formula is C19H30N2O2. The number of hydrogen-bond donors (Lipinski definition) is 2.